The van der Waals surface area contributed by atoms with Gasteiger partial charge in [-0.25, -0.2) is 4.79 Å². The minimum absolute atomic E-state index is 0.324. The molecular formula is C16H12O2. The van der Waals surface area contributed by atoms with Gasteiger partial charge in [-0.3, -0.25) is 0 Å². The van der Waals surface area contributed by atoms with Crippen molar-refractivity contribution in [3.8, 4) is 16.9 Å². The zero-order valence-electron chi connectivity index (χ0n) is 9.85. The lowest BCUT2D eigenvalue weighted by Gasteiger charge is -2.18. The average Bonchev–Trinajstić information content (AvgIpc) is 2.41. The van der Waals surface area contributed by atoms with E-state index in [9.17, 15) is 4.79 Å². The molecule has 0 unspecified atom stereocenters. The smallest absolute Gasteiger partial charge is 0.339 e. The Balaban J connectivity index is 2.04. The van der Waals surface area contributed by atoms with E-state index in [0.29, 0.717) is 17.7 Å². The maximum absolute atomic E-state index is 11.4. The predicted octanol–water partition coefficient (Wildman–Crippen LogP) is 3.37. The Morgan fingerprint density at radius 3 is 2.56 bits per heavy atom. The van der Waals surface area contributed by atoms with Crippen molar-refractivity contribution < 1.29 is 9.53 Å². The molecule has 2 heteroatoms. The van der Waals surface area contributed by atoms with Crippen LogP contribution in [0.15, 0.2) is 60.7 Å². The van der Waals surface area contributed by atoms with Crippen LogP contribution in [0.25, 0.3) is 11.1 Å². The van der Waals surface area contributed by atoms with E-state index in [0.717, 1.165) is 16.7 Å². The summed E-state index contributed by atoms with van der Waals surface area (Å²) in [5.41, 5.74) is 3.80. The third-order valence-electron chi connectivity index (χ3n) is 3.06. The quantitative estimate of drug-likeness (QED) is 0.431. The molecule has 0 radical (unpaired) electrons. The van der Waals surface area contributed by atoms with Crippen LogP contribution < -0.4 is 4.74 Å². The van der Waals surface area contributed by atoms with Gasteiger partial charge in [0.25, 0.3) is 0 Å². The summed E-state index contributed by atoms with van der Waals surface area (Å²) < 4.78 is 5.20. The molecule has 0 atom stereocenters. The molecule has 0 amide bonds. The van der Waals surface area contributed by atoms with Crippen LogP contribution in [-0.2, 0) is 11.2 Å². The van der Waals surface area contributed by atoms with Gasteiger partial charge in [0.1, 0.15) is 5.75 Å². The van der Waals surface area contributed by atoms with Gasteiger partial charge >= 0.3 is 5.97 Å². The second kappa shape index (κ2) is 4.15. The van der Waals surface area contributed by atoms with Gasteiger partial charge in [0.15, 0.2) is 0 Å². The first-order valence-corrected chi connectivity index (χ1v) is 5.82. The first kappa shape index (κ1) is 10.8. The van der Waals surface area contributed by atoms with E-state index < -0.39 is 0 Å². The summed E-state index contributed by atoms with van der Waals surface area (Å²) in [6.07, 6.45) is 0.564. The van der Waals surface area contributed by atoms with E-state index in [-0.39, 0.29) is 5.97 Å². The van der Waals surface area contributed by atoms with Gasteiger partial charge in [0, 0.05) is 17.6 Å². The summed E-state index contributed by atoms with van der Waals surface area (Å²) in [5, 5.41) is 0. The molecule has 0 saturated carbocycles. The summed E-state index contributed by atoms with van der Waals surface area (Å²) in [4.78, 5) is 11.4. The predicted molar refractivity (Wildman–Crippen MR) is 70.4 cm³/mol. The highest BCUT2D eigenvalue weighted by atomic mass is 16.5. The molecule has 0 saturated heterocycles. The lowest BCUT2D eigenvalue weighted by atomic mass is 9.97. The van der Waals surface area contributed by atoms with Crippen molar-refractivity contribution in [2.24, 2.45) is 0 Å². The maximum Gasteiger partial charge on any atom is 0.339 e. The molecule has 0 aliphatic carbocycles. The molecule has 2 nitrogen and oxygen atoms in total. The fourth-order valence-corrected chi connectivity index (χ4v) is 2.10. The number of ether oxygens (including phenoxy) is 1. The number of hydrogen-bond donors (Lipinski definition) is 0. The third kappa shape index (κ3) is 1.82. The fraction of sp³-hybridized carbons (Fsp3) is 0.0625. The molecule has 0 fully saturated rings. The standard InChI is InChI=1S/C16H12O2/c1-11-9-14-10-13(12-5-3-2-4-6-12)7-8-15(14)18-16(11)17/h2-8,10H,1,9H2. The Kier molecular flexibility index (Phi) is 2.49. The summed E-state index contributed by atoms with van der Waals surface area (Å²) in [6.45, 7) is 3.72. The molecule has 3 rings (SSSR count). The van der Waals surface area contributed by atoms with Crippen LogP contribution in [0.1, 0.15) is 5.56 Å². The zero-order chi connectivity index (χ0) is 12.5. The number of rotatable bonds is 1. The molecule has 0 bridgehead atoms. The highest BCUT2D eigenvalue weighted by molar-refractivity contribution is 5.92. The molecule has 2 aromatic rings. The fourth-order valence-electron chi connectivity index (χ4n) is 2.10. The summed E-state index contributed by atoms with van der Waals surface area (Å²) in [7, 11) is 0. The van der Waals surface area contributed by atoms with Crippen molar-refractivity contribution >= 4 is 5.97 Å². The molecule has 18 heavy (non-hydrogen) atoms. The van der Waals surface area contributed by atoms with Gasteiger partial charge in [-0.2, -0.15) is 0 Å². The van der Waals surface area contributed by atoms with Crippen molar-refractivity contribution in [3.05, 3.63) is 66.2 Å². The van der Waals surface area contributed by atoms with E-state index in [4.69, 9.17) is 4.74 Å². The lowest BCUT2D eigenvalue weighted by Crippen LogP contribution is -2.18. The normalized spacial score (nSPS) is 14.0. The molecule has 1 aliphatic rings. The SMILES string of the molecule is C=C1Cc2cc(-c3ccccc3)ccc2OC1=O. The first-order valence-electron chi connectivity index (χ1n) is 5.82. The van der Waals surface area contributed by atoms with Crippen molar-refractivity contribution in [3.63, 3.8) is 0 Å². The molecular weight excluding hydrogens is 224 g/mol. The van der Waals surface area contributed by atoms with Gasteiger partial charge < -0.3 is 4.74 Å². The molecule has 2 aromatic carbocycles. The Morgan fingerprint density at radius 1 is 1.00 bits per heavy atom. The number of carbonyl (C=O) groups excluding carboxylic acids is 1. The lowest BCUT2D eigenvalue weighted by molar-refractivity contribution is -0.130. The maximum atomic E-state index is 11.4. The first-order chi connectivity index (χ1) is 8.74. The second-order valence-corrected chi connectivity index (χ2v) is 4.36. The van der Waals surface area contributed by atoms with Crippen LogP contribution in [0, 0.1) is 0 Å². The van der Waals surface area contributed by atoms with Crippen molar-refractivity contribution in [2.45, 2.75) is 6.42 Å². The van der Waals surface area contributed by atoms with Gasteiger partial charge in [-0.1, -0.05) is 43.0 Å². The summed E-state index contributed by atoms with van der Waals surface area (Å²) in [6, 6.07) is 16.0. The third-order valence-corrected chi connectivity index (χ3v) is 3.06. The Morgan fingerprint density at radius 2 is 1.78 bits per heavy atom. The van der Waals surface area contributed by atoms with Crippen molar-refractivity contribution in [1.29, 1.82) is 0 Å². The van der Waals surface area contributed by atoms with Crippen LogP contribution in [0.5, 0.6) is 5.75 Å². The van der Waals surface area contributed by atoms with E-state index >= 15 is 0 Å². The average molecular weight is 236 g/mol. The van der Waals surface area contributed by atoms with Crippen LogP contribution >= 0.6 is 0 Å². The Bertz CT molecular complexity index is 627. The number of esters is 1. The molecule has 1 heterocycles. The van der Waals surface area contributed by atoms with E-state index in [1.807, 2.05) is 30.3 Å². The number of carbonyl (C=O) groups is 1. The minimum Gasteiger partial charge on any atom is -0.423 e. The number of fused-ring (bicyclic) bond motifs is 1. The molecule has 0 spiro atoms. The molecule has 0 aromatic heterocycles. The van der Waals surface area contributed by atoms with Crippen LogP contribution in [0.4, 0.5) is 0 Å². The molecule has 0 N–H and O–H groups in total. The molecule has 88 valence electrons. The van der Waals surface area contributed by atoms with Crippen LogP contribution in [-0.4, -0.2) is 5.97 Å². The van der Waals surface area contributed by atoms with Gasteiger partial charge in [0.2, 0.25) is 0 Å². The van der Waals surface area contributed by atoms with Gasteiger partial charge in [0.05, 0.1) is 0 Å². The van der Waals surface area contributed by atoms with Crippen LogP contribution in [0.2, 0.25) is 0 Å². The van der Waals surface area contributed by atoms with E-state index in [2.05, 4.69) is 24.8 Å². The highest BCUT2D eigenvalue weighted by Crippen LogP contribution is 2.31. The zero-order valence-corrected chi connectivity index (χ0v) is 9.85. The van der Waals surface area contributed by atoms with Crippen molar-refractivity contribution in [2.75, 3.05) is 0 Å². The van der Waals surface area contributed by atoms with E-state index in [1.165, 1.54) is 0 Å². The Labute approximate surface area is 106 Å². The Hall–Kier alpha value is -2.35. The topological polar surface area (TPSA) is 26.3 Å². The summed E-state index contributed by atoms with van der Waals surface area (Å²) >= 11 is 0. The second-order valence-electron chi connectivity index (χ2n) is 4.36. The number of hydrogen-bond acceptors (Lipinski definition) is 2. The highest BCUT2D eigenvalue weighted by Gasteiger charge is 2.20. The van der Waals surface area contributed by atoms with Crippen LogP contribution in [0.3, 0.4) is 0 Å². The van der Waals surface area contributed by atoms with Crippen molar-refractivity contribution in [1.82, 2.24) is 0 Å². The monoisotopic (exact) mass is 236 g/mol. The van der Waals surface area contributed by atoms with E-state index in [1.54, 1.807) is 0 Å². The minimum atomic E-state index is -0.324. The van der Waals surface area contributed by atoms with Gasteiger partial charge in [-0.05, 0) is 23.3 Å². The summed E-state index contributed by atoms with van der Waals surface area (Å²) in [5.74, 6) is 0.321. The van der Waals surface area contributed by atoms with Gasteiger partial charge in [-0.15, -0.1) is 0 Å². The molecule has 1 aliphatic heterocycles. The largest absolute Gasteiger partial charge is 0.423 e. The number of benzene rings is 2.